The smallest absolute Gasteiger partial charge is 0.0717 e. The third-order valence-corrected chi connectivity index (χ3v) is 3.97. The van der Waals surface area contributed by atoms with E-state index >= 15 is 0 Å². The zero-order chi connectivity index (χ0) is 14.2. The summed E-state index contributed by atoms with van der Waals surface area (Å²) in [4.78, 5) is 0. The van der Waals surface area contributed by atoms with Crippen LogP contribution in [-0.4, -0.2) is 13.2 Å². The summed E-state index contributed by atoms with van der Waals surface area (Å²) in [5.74, 6) is 1.51. The maximum Gasteiger partial charge on any atom is 0.0717 e. The predicted molar refractivity (Wildman–Crippen MR) is 84.6 cm³/mol. The van der Waals surface area contributed by atoms with E-state index in [-0.39, 0.29) is 0 Å². The van der Waals surface area contributed by atoms with E-state index in [1.807, 2.05) is 0 Å². The van der Waals surface area contributed by atoms with E-state index in [1.165, 1.54) is 36.8 Å². The van der Waals surface area contributed by atoms with Crippen molar-refractivity contribution in [1.29, 1.82) is 0 Å². The van der Waals surface area contributed by atoms with Crippen LogP contribution >= 0.6 is 0 Å². The largest absolute Gasteiger partial charge is 0.376 e. The average Bonchev–Trinajstić information content (AvgIpc) is 2.92. The van der Waals surface area contributed by atoms with E-state index in [0.29, 0.717) is 5.92 Å². The Morgan fingerprint density at radius 3 is 2.70 bits per heavy atom. The minimum Gasteiger partial charge on any atom is -0.376 e. The van der Waals surface area contributed by atoms with Crippen molar-refractivity contribution in [2.75, 3.05) is 13.2 Å². The van der Waals surface area contributed by atoms with Gasteiger partial charge in [0.1, 0.15) is 0 Å². The molecular formula is C18H29NO. The van der Waals surface area contributed by atoms with E-state index in [0.717, 1.165) is 32.2 Å². The van der Waals surface area contributed by atoms with Crippen molar-refractivity contribution in [1.82, 2.24) is 5.32 Å². The van der Waals surface area contributed by atoms with Gasteiger partial charge in [-0.25, -0.2) is 0 Å². The third kappa shape index (κ3) is 5.64. The summed E-state index contributed by atoms with van der Waals surface area (Å²) >= 11 is 0. The monoisotopic (exact) mass is 275 g/mol. The van der Waals surface area contributed by atoms with Gasteiger partial charge in [0.15, 0.2) is 0 Å². The molecule has 0 bridgehead atoms. The molecule has 0 radical (unpaired) electrons. The van der Waals surface area contributed by atoms with Gasteiger partial charge < -0.3 is 10.1 Å². The lowest BCUT2D eigenvalue weighted by atomic mass is 10.1. The molecule has 2 heteroatoms. The molecule has 1 aliphatic rings. The molecule has 2 nitrogen and oxygen atoms in total. The van der Waals surface area contributed by atoms with Crippen LogP contribution in [0.25, 0.3) is 0 Å². The molecule has 1 saturated carbocycles. The van der Waals surface area contributed by atoms with E-state index in [1.54, 1.807) is 0 Å². The predicted octanol–water partition coefficient (Wildman–Crippen LogP) is 4.14. The average molecular weight is 275 g/mol. The van der Waals surface area contributed by atoms with Crippen molar-refractivity contribution < 1.29 is 4.74 Å². The van der Waals surface area contributed by atoms with Crippen LogP contribution in [0.3, 0.4) is 0 Å². The van der Waals surface area contributed by atoms with E-state index in [4.69, 9.17) is 4.74 Å². The second kappa shape index (κ2) is 8.43. The molecule has 0 saturated heterocycles. The van der Waals surface area contributed by atoms with Gasteiger partial charge in [0, 0.05) is 13.2 Å². The molecule has 1 aromatic carbocycles. The van der Waals surface area contributed by atoms with E-state index in [9.17, 15) is 0 Å². The molecule has 0 heterocycles. The molecule has 0 amide bonds. The minimum absolute atomic E-state index is 0.702. The van der Waals surface area contributed by atoms with Crippen LogP contribution in [0.2, 0.25) is 0 Å². The molecular weight excluding hydrogens is 246 g/mol. The van der Waals surface area contributed by atoms with Gasteiger partial charge in [-0.15, -0.1) is 0 Å². The Bertz CT molecular complexity index is 383. The summed E-state index contributed by atoms with van der Waals surface area (Å²) in [5, 5.41) is 3.49. The van der Waals surface area contributed by atoms with Crippen LogP contribution in [0.5, 0.6) is 0 Å². The van der Waals surface area contributed by atoms with Gasteiger partial charge in [-0.3, -0.25) is 0 Å². The highest BCUT2D eigenvalue weighted by Crippen LogP contribution is 2.25. The van der Waals surface area contributed by atoms with Gasteiger partial charge in [-0.2, -0.15) is 0 Å². The van der Waals surface area contributed by atoms with Crippen LogP contribution in [0.1, 0.15) is 50.7 Å². The molecule has 1 N–H and O–H groups in total. The fourth-order valence-corrected chi connectivity index (χ4v) is 2.86. The Morgan fingerprint density at radius 2 is 1.95 bits per heavy atom. The SMILES string of the molecule is CC(C)CNCc1cccc(COCC2CCCC2)c1. The highest BCUT2D eigenvalue weighted by Gasteiger charge is 2.14. The number of hydrogen-bond acceptors (Lipinski definition) is 2. The normalized spacial score (nSPS) is 16.1. The van der Waals surface area contributed by atoms with Crippen LogP contribution < -0.4 is 5.32 Å². The highest BCUT2D eigenvalue weighted by molar-refractivity contribution is 5.22. The van der Waals surface area contributed by atoms with E-state index in [2.05, 4.69) is 43.4 Å². The molecule has 0 atom stereocenters. The first-order chi connectivity index (χ1) is 9.74. The Kier molecular flexibility index (Phi) is 6.55. The molecule has 2 rings (SSSR count). The lowest BCUT2D eigenvalue weighted by molar-refractivity contribution is 0.0888. The lowest BCUT2D eigenvalue weighted by Gasteiger charge is -2.11. The summed E-state index contributed by atoms with van der Waals surface area (Å²) in [5.41, 5.74) is 2.65. The molecule has 1 aliphatic carbocycles. The van der Waals surface area contributed by atoms with Gasteiger partial charge >= 0.3 is 0 Å². The minimum atomic E-state index is 0.702. The van der Waals surface area contributed by atoms with Crippen molar-refractivity contribution in [3.63, 3.8) is 0 Å². The summed E-state index contributed by atoms with van der Waals surface area (Å²) in [6.07, 6.45) is 5.51. The molecule has 1 aromatic rings. The summed E-state index contributed by atoms with van der Waals surface area (Å²) < 4.78 is 5.88. The fraction of sp³-hybridized carbons (Fsp3) is 0.667. The number of hydrogen-bond donors (Lipinski definition) is 1. The van der Waals surface area contributed by atoms with Crippen molar-refractivity contribution in [2.45, 2.75) is 52.7 Å². The molecule has 0 spiro atoms. The van der Waals surface area contributed by atoms with Crippen LogP contribution in [-0.2, 0) is 17.9 Å². The van der Waals surface area contributed by atoms with Gasteiger partial charge in [-0.1, -0.05) is 51.0 Å². The second-order valence-electron chi connectivity index (χ2n) is 6.51. The molecule has 0 aliphatic heterocycles. The standard InChI is InChI=1S/C18H29NO/c1-15(2)11-19-12-17-8-5-9-18(10-17)14-20-13-16-6-3-4-7-16/h5,8-10,15-16,19H,3-4,6-7,11-14H2,1-2H3. The van der Waals surface area contributed by atoms with Gasteiger partial charge in [-0.05, 0) is 42.3 Å². The first kappa shape index (κ1) is 15.5. The Morgan fingerprint density at radius 1 is 1.20 bits per heavy atom. The zero-order valence-corrected chi connectivity index (χ0v) is 13.0. The number of nitrogens with one attached hydrogen (secondary N) is 1. The first-order valence-electron chi connectivity index (χ1n) is 8.10. The van der Waals surface area contributed by atoms with Crippen molar-refractivity contribution in [2.24, 2.45) is 11.8 Å². The quantitative estimate of drug-likeness (QED) is 0.770. The first-order valence-corrected chi connectivity index (χ1v) is 8.10. The summed E-state index contributed by atoms with van der Waals surface area (Å²) in [6, 6.07) is 8.76. The van der Waals surface area contributed by atoms with Gasteiger partial charge in [0.2, 0.25) is 0 Å². The molecule has 20 heavy (non-hydrogen) atoms. The molecule has 0 unspecified atom stereocenters. The van der Waals surface area contributed by atoms with Crippen LogP contribution in [0, 0.1) is 11.8 Å². The maximum atomic E-state index is 5.88. The number of rotatable bonds is 8. The van der Waals surface area contributed by atoms with Crippen molar-refractivity contribution >= 4 is 0 Å². The summed E-state index contributed by atoms with van der Waals surface area (Å²) in [7, 11) is 0. The third-order valence-electron chi connectivity index (χ3n) is 3.97. The van der Waals surface area contributed by atoms with Crippen LogP contribution in [0.15, 0.2) is 24.3 Å². The molecule has 1 fully saturated rings. The van der Waals surface area contributed by atoms with Crippen molar-refractivity contribution in [3.8, 4) is 0 Å². The molecule has 0 aromatic heterocycles. The summed E-state index contributed by atoms with van der Waals surface area (Å²) in [6.45, 7) is 8.20. The Hall–Kier alpha value is -0.860. The lowest BCUT2D eigenvalue weighted by Crippen LogP contribution is -2.19. The number of benzene rings is 1. The molecule has 112 valence electrons. The van der Waals surface area contributed by atoms with Gasteiger partial charge in [0.05, 0.1) is 6.61 Å². The Balaban J connectivity index is 1.71. The zero-order valence-electron chi connectivity index (χ0n) is 13.0. The maximum absolute atomic E-state index is 5.88. The second-order valence-corrected chi connectivity index (χ2v) is 6.51. The van der Waals surface area contributed by atoms with E-state index < -0.39 is 0 Å². The Labute approximate surface area is 123 Å². The van der Waals surface area contributed by atoms with Crippen LogP contribution in [0.4, 0.5) is 0 Å². The van der Waals surface area contributed by atoms with Gasteiger partial charge in [0.25, 0.3) is 0 Å². The van der Waals surface area contributed by atoms with Crippen molar-refractivity contribution in [3.05, 3.63) is 35.4 Å². The topological polar surface area (TPSA) is 21.3 Å². The fourth-order valence-electron chi connectivity index (χ4n) is 2.86. The number of ether oxygens (including phenoxy) is 1. The highest BCUT2D eigenvalue weighted by atomic mass is 16.5.